The van der Waals surface area contributed by atoms with Gasteiger partial charge in [-0.2, -0.15) is 15.0 Å². The van der Waals surface area contributed by atoms with Crippen molar-refractivity contribution in [1.82, 2.24) is 29.8 Å². The Morgan fingerprint density at radius 3 is 1.60 bits per heavy atom. The fourth-order valence-corrected chi connectivity index (χ4v) is 5.55. The molecule has 0 aliphatic rings. The van der Waals surface area contributed by atoms with Gasteiger partial charge in [0.1, 0.15) is 5.82 Å². The van der Waals surface area contributed by atoms with E-state index in [1.54, 1.807) is 0 Å². The quantitative estimate of drug-likeness (QED) is 0.255. The number of aromatic nitrogens is 5. The van der Waals surface area contributed by atoms with Crippen molar-refractivity contribution >= 4 is 56.5 Å². The van der Waals surface area contributed by atoms with Gasteiger partial charge >= 0.3 is 0 Å². The Labute approximate surface area is 247 Å². The smallest absolute Gasteiger partial charge is 0.239 e. The molecule has 0 atom stereocenters. The minimum absolute atomic E-state index is 0.181. The number of nitrogen functional groups attached to an aromatic ring is 1. The van der Waals surface area contributed by atoms with Crippen LogP contribution in [0.3, 0.4) is 0 Å². The van der Waals surface area contributed by atoms with Crippen LogP contribution in [0.25, 0.3) is 21.8 Å². The first-order valence-corrected chi connectivity index (χ1v) is 14.2. The van der Waals surface area contributed by atoms with E-state index in [9.17, 15) is 0 Å². The van der Waals surface area contributed by atoms with E-state index < -0.39 is 0 Å². The number of hydrogen-bond donors (Lipinski definition) is 1. The number of benzene rings is 2. The highest BCUT2D eigenvalue weighted by Crippen LogP contribution is 2.49. The lowest BCUT2D eigenvalue weighted by molar-refractivity contribution is 0.398. The maximum absolute atomic E-state index is 6.39. The highest BCUT2D eigenvalue weighted by Gasteiger charge is 2.30. The van der Waals surface area contributed by atoms with Gasteiger partial charge < -0.3 is 20.4 Å². The van der Waals surface area contributed by atoms with Crippen LogP contribution >= 0.6 is 0 Å². The van der Waals surface area contributed by atoms with Crippen LogP contribution in [0.4, 0.5) is 34.6 Å². The first-order chi connectivity index (χ1) is 20.1. The van der Waals surface area contributed by atoms with Crippen molar-refractivity contribution in [2.45, 2.75) is 26.7 Å². The third-order valence-corrected chi connectivity index (χ3v) is 7.26. The zero-order valence-electron chi connectivity index (χ0n) is 25.8. The summed E-state index contributed by atoms with van der Waals surface area (Å²) in [7, 11) is 12.3. The molecule has 42 heavy (non-hydrogen) atoms. The summed E-state index contributed by atoms with van der Waals surface area (Å²) < 4.78 is 0. The molecule has 0 unspecified atom stereocenters. The molecule has 0 saturated heterocycles. The average Bonchev–Trinajstić information content (AvgIpc) is 2.92. The fraction of sp³-hybridized carbons (Fsp3) is 0.344. The molecule has 0 aliphatic heterocycles. The van der Waals surface area contributed by atoms with E-state index in [4.69, 9.17) is 25.7 Å². The lowest BCUT2D eigenvalue weighted by atomic mass is 10.1. The van der Waals surface area contributed by atoms with E-state index >= 15 is 0 Å². The summed E-state index contributed by atoms with van der Waals surface area (Å²) >= 11 is 0. The molecular formula is C32H40N10. The Bertz CT molecular complexity index is 1650. The first kappa shape index (κ1) is 28.9. The number of para-hydroxylation sites is 2. The van der Waals surface area contributed by atoms with Crippen LogP contribution in [0, 0.1) is 13.8 Å². The van der Waals surface area contributed by atoms with Gasteiger partial charge in [0.2, 0.25) is 11.9 Å². The third-order valence-electron chi connectivity index (χ3n) is 7.26. The highest BCUT2D eigenvalue weighted by atomic mass is 15.3. The van der Waals surface area contributed by atoms with Crippen molar-refractivity contribution in [2.24, 2.45) is 0 Å². The molecule has 0 spiro atoms. The van der Waals surface area contributed by atoms with Gasteiger partial charge in [-0.15, -0.1) is 0 Å². The zero-order valence-corrected chi connectivity index (χ0v) is 25.8. The number of hydrogen-bond acceptors (Lipinski definition) is 10. The van der Waals surface area contributed by atoms with Crippen molar-refractivity contribution in [1.29, 1.82) is 0 Å². The van der Waals surface area contributed by atoms with E-state index in [0.717, 1.165) is 68.9 Å². The summed E-state index contributed by atoms with van der Waals surface area (Å²) in [5.74, 6) is 1.27. The van der Waals surface area contributed by atoms with Crippen molar-refractivity contribution < 1.29 is 0 Å². The molecule has 218 valence electrons. The highest BCUT2D eigenvalue weighted by molar-refractivity contribution is 6.06. The van der Waals surface area contributed by atoms with Gasteiger partial charge in [0.05, 0.1) is 45.2 Å². The molecule has 3 aromatic heterocycles. The summed E-state index contributed by atoms with van der Waals surface area (Å²) in [6.07, 6.45) is 1.58. The topological polar surface area (TPSA) is 103 Å². The van der Waals surface area contributed by atoms with Gasteiger partial charge in [-0.1, -0.05) is 36.4 Å². The lowest BCUT2D eigenvalue weighted by Crippen LogP contribution is -2.25. The Morgan fingerprint density at radius 1 is 0.619 bits per heavy atom. The van der Waals surface area contributed by atoms with Crippen LogP contribution in [0.1, 0.15) is 23.6 Å². The number of fused-ring (bicyclic) bond motifs is 2. The van der Waals surface area contributed by atoms with Crippen molar-refractivity contribution in [3.63, 3.8) is 0 Å². The van der Waals surface area contributed by atoms with Crippen LogP contribution in [0.5, 0.6) is 0 Å². The zero-order chi connectivity index (χ0) is 30.1. The molecule has 5 rings (SSSR count). The Morgan fingerprint density at radius 2 is 1.12 bits per heavy atom. The first-order valence-electron chi connectivity index (χ1n) is 14.2. The van der Waals surface area contributed by atoms with Gasteiger partial charge in [-0.05, 0) is 53.0 Å². The average molecular weight is 565 g/mol. The van der Waals surface area contributed by atoms with Gasteiger partial charge in [0.25, 0.3) is 0 Å². The largest absolute Gasteiger partial charge is 0.375 e. The number of pyridine rings is 2. The van der Waals surface area contributed by atoms with E-state index in [1.807, 2.05) is 50.2 Å². The summed E-state index contributed by atoms with van der Waals surface area (Å²) in [4.78, 5) is 32.9. The van der Waals surface area contributed by atoms with E-state index in [-0.39, 0.29) is 5.95 Å². The Hall–Kier alpha value is -4.57. The van der Waals surface area contributed by atoms with Crippen LogP contribution < -0.4 is 20.4 Å². The summed E-state index contributed by atoms with van der Waals surface area (Å²) in [6.45, 7) is 4.98. The predicted molar refractivity (Wildman–Crippen MR) is 175 cm³/mol. The van der Waals surface area contributed by atoms with Gasteiger partial charge in [-0.25, -0.2) is 0 Å². The van der Waals surface area contributed by atoms with Gasteiger partial charge in [-0.3, -0.25) is 14.9 Å². The molecule has 0 fully saturated rings. The van der Waals surface area contributed by atoms with Crippen LogP contribution in [-0.4, -0.2) is 78.7 Å². The second-order valence-electron chi connectivity index (χ2n) is 11.3. The third kappa shape index (κ3) is 5.49. The van der Waals surface area contributed by atoms with Crippen LogP contribution in [0.15, 0.2) is 48.5 Å². The minimum atomic E-state index is 0.181. The maximum atomic E-state index is 6.39. The normalized spacial score (nSPS) is 11.5. The lowest BCUT2D eigenvalue weighted by Gasteiger charge is -2.33. The van der Waals surface area contributed by atoms with Gasteiger partial charge in [0, 0.05) is 45.4 Å². The number of nitrogens with two attached hydrogens (primary N) is 1. The summed E-state index contributed by atoms with van der Waals surface area (Å²) in [5.41, 5.74) is 13.6. The Balaban J connectivity index is 1.89. The number of nitrogens with zero attached hydrogens (tertiary/aromatic N) is 9. The molecule has 0 radical (unpaired) electrons. The van der Waals surface area contributed by atoms with E-state index in [1.165, 1.54) is 0 Å². The summed E-state index contributed by atoms with van der Waals surface area (Å²) in [5, 5.41) is 2.05. The number of anilines is 6. The maximum Gasteiger partial charge on any atom is 0.239 e. The number of aryl methyl sites for hydroxylation is 3. The van der Waals surface area contributed by atoms with Crippen LogP contribution in [-0.2, 0) is 6.42 Å². The molecule has 5 aromatic rings. The standard InChI is InChI=1S/C32H40N10/c1-20-27(29(40(5)6)22-14-9-11-16-24(22)34-20)42(32-37-26(36-31(33)38-32)18-13-19-39(3)4)28-21(2)35-25-17-12-10-15-23(25)30(28)41(7)8/h9-12,14-17H,13,18-19H2,1-8H3,(H2,33,36,37,38). The monoisotopic (exact) mass is 564 g/mol. The molecule has 2 N–H and O–H groups in total. The molecule has 0 bridgehead atoms. The molecule has 0 saturated carbocycles. The minimum Gasteiger partial charge on any atom is -0.375 e. The van der Waals surface area contributed by atoms with Crippen molar-refractivity contribution in [3.8, 4) is 0 Å². The molecule has 10 heteroatoms. The van der Waals surface area contributed by atoms with E-state index in [2.05, 4.69) is 79.0 Å². The molecule has 0 aliphatic carbocycles. The van der Waals surface area contributed by atoms with Gasteiger partial charge in [0.15, 0.2) is 0 Å². The van der Waals surface area contributed by atoms with Crippen molar-refractivity contribution in [3.05, 3.63) is 65.7 Å². The molecule has 10 nitrogen and oxygen atoms in total. The SMILES string of the molecule is Cc1nc2ccccc2c(N(C)C)c1N(c1nc(N)nc(CCCN(C)C)n1)c1c(C)nc2ccccc2c1N(C)C. The second-order valence-corrected chi connectivity index (χ2v) is 11.3. The number of rotatable bonds is 9. The summed E-state index contributed by atoms with van der Waals surface area (Å²) in [6, 6.07) is 16.4. The molecule has 2 aromatic carbocycles. The molecule has 3 heterocycles. The Kier molecular flexibility index (Phi) is 8.08. The molecule has 0 amide bonds. The second kappa shape index (κ2) is 11.7. The fourth-order valence-electron chi connectivity index (χ4n) is 5.55. The van der Waals surface area contributed by atoms with E-state index in [0.29, 0.717) is 18.2 Å². The molecular weight excluding hydrogens is 524 g/mol. The van der Waals surface area contributed by atoms with Crippen molar-refractivity contribution in [2.75, 3.05) is 69.3 Å². The van der Waals surface area contributed by atoms with Crippen LogP contribution in [0.2, 0.25) is 0 Å². The predicted octanol–water partition coefficient (Wildman–Crippen LogP) is 5.26.